The van der Waals surface area contributed by atoms with E-state index < -0.39 is 4.92 Å². The van der Waals surface area contributed by atoms with Crippen molar-refractivity contribution in [3.63, 3.8) is 0 Å². The number of nitrogens with one attached hydrogen (secondary N) is 1. The van der Waals surface area contributed by atoms with Gasteiger partial charge in [0.1, 0.15) is 5.82 Å². The van der Waals surface area contributed by atoms with Crippen molar-refractivity contribution in [2.45, 2.75) is 59.9 Å². The molecule has 7 heteroatoms. The molecule has 0 amide bonds. The molecule has 0 atom stereocenters. The molecule has 0 aliphatic rings. The predicted octanol–water partition coefficient (Wildman–Crippen LogP) is 3.58. The number of anilines is 1. The number of nitro groups is 1. The highest BCUT2D eigenvalue weighted by atomic mass is 16.6. The van der Waals surface area contributed by atoms with Crippen LogP contribution in [0.2, 0.25) is 0 Å². The molecule has 1 rings (SSSR count). The molecule has 0 spiro atoms. The maximum atomic E-state index is 11.4. The first-order valence-corrected chi connectivity index (χ1v) is 7.36. The first kappa shape index (κ1) is 18.1. The maximum absolute atomic E-state index is 11.4. The van der Waals surface area contributed by atoms with Crippen LogP contribution in [0.5, 0.6) is 5.88 Å². The summed E-state index contributed by atoms with van der Waals surface area (Å²) in [5, 5.41) is 14.6. The Hall–Kier alpha value is -1.92. The monoisotopic (exact) mass is 310 g/mol. The van der Waals surface area contributed by atoms with Gasteiger partial charge in [-0.15, -0.1) is 0 Å². The Morgan fingerprint density at radius 3 is 2.23 bits per heavy atom. The van der Waals surface area contributed by atoms with E-state index in [1.165, 1.54) is 7.11 Å². The van der Waals surface area contributed by atoms with Crippen LogP contribution in [0.3, 0.4) is 0 Å². The average Bonchev–Trinajstić information content (AvgIpc) is 2.33. The highest BCUT2D eigenvalue weighted by molar-refractivity contribution is 5.62. The molecule has 0 saturated heterocycles. The van der Waals surface area contributed by atoms with Crippen molar-refractivity contribution >= 4 is 11.5 Å². The second kappa shape index (κ2) is 6.46. The standard InChI is InChI=1S/C15H26N4O3/c1-8-10-16-12(11(19(20)21)13(17-10)22-7)18-15(5,6)9-14(2,3)4/h8-9H2,1-7H3,(H,16,17,18). The van der Waals surface area contributed by atoms with Crippen molar-refractivity contribution in [3.8, 4) is 5.88 Å². The summed E-state index contributed by atoms with van der Waals surface area (Å²) >= 11 is 0. The van der Waals surface area contributed by atoms with Gasteiger partial charge in [-0.3, -0.25) is 10.1 Å². The van der Waals surface area contributed by atoms with E-state index in [-0.39, 0.29) is 28.3 Å². The molecule has 0 radical (unpaired) electrons. The lowest BCUT2D eigenvalue weighted by molar-refractivity contribution is -0.385. The Kier molecular flexibility index (Phi) is 5.32. The third-order valence-corrected chi connectivity index (χ3v) is 3.02. The SMILES string of the molecule is CCc1nc(NC(C)(C)CC(C)(C)C)c([N+](=O)[O-])c(OC)n1. The minimum atomic E-state index is -0.506. The van der Waals surface area contributed by atoms with Gasteiger partial charge >= 0.3 is 5.69 Å². The number of hydrogen-bond donors (Lipinski definition) is 1. The van der Waals surface area contributed by atoms with Gasteiger partial charge < -0.3 is 10.1 Å². The molecule has 22 heavy (non-hydrogen) atoms. The molecule has 0 aromatic carbocycles. The summed E-state index contributed by atoms with van der Waals surface area (Å²) in [4.78, 5) is 19.2. The number of rotatable bonds is 6. The highest BCUT2D eigenvalue weighted by Gasteiger charge is 2.32. The molecule has 0 fully saturated rings. The lowest BCUT2D eigenvalue weighted by Gasteiger charge is -2.33. The van der Waals surface area contributed by atoms with E-state index in [0.717, 1.165) is 6.42 Å². The van der Waals surface area contributed by atoms with Crippen LogP contribution in [-0.2, 0) is 6.42 Å². The zero-order valence-electron chi connectivity index (χ0n) is 14.5. The van der Waals surface area contributed by atoms with Crippen LogP contribution in [0.15, 0.2) is 0 Å². The zero-order valence-corrected chi connectivity index (χ0v) is 14.5. The summed E-state index contributed by atoms with van der Waals surface area (Å²) < 4.78 is 5.07. The van der Waals surface area contributed by atoms with E-state index in [2.05, 4.69) is 36.1 Å². The Balaban J connectivity index is 3.30. The van der Waals surface area contributed by atoms with Crippen molar-refractivity contribution < 1.29 is 9.66 Å². The molecular formula is C15H26N4O3. The number of ether oxygens (including phenoxy) is 1. The number of hydrogen-bond acceptors (Lipinski definition) is 6. The Morgan fingerprint density at radius 2 is 1.82 bits per heavy atom. The summed E-state index contributed by atoms with van der Waals surface area (Å²) in [6.07, 6.45) is 1.40. The summed E-state index contributed by atoms with van der Waals surface area (Å²) in [6, 6.07) is 0. The fraction of sp³-hybridized carbons (Fsp3) is 0.733. The van der Waals surface area contributed by atoms with E-state index in [9.17, 15) is 10.1 Å². The number of aryl methyl sites for hydroxylation is 1. The van der Waals surface area contributed by atoms with Crippen molar-refractivity contribution in [1.29, 1.82) is 0 Å². The molecular weight excluding hydrogens is 284 g/mol. The van der Waals surface area contributed by atoms with E-state index in [1.54, 1.807) is 0 Å². The normalized spacial score (nSPS) is 12.1. The fourth-order valence-electron chi connectivity index (χ4n) is 2.72. The van der Waals surface area contributed by atoms with Gasteiger partial charge in [0.25, 0.3) is 5.88 Å². The highest BCUT2D eigenvalue weighted by Crippen LogP contribution is 2.36. The van der Waals surface area contributed by atoms with Crippen molar-refractivity contribution in [1.82, 2.24) is 9.97 Å². The second-order valence-corrected chi connectivity index (χ2v) is 7.20. The first-order valence-electron chi connectivity index (χ1n) is 7.36. The summed E-state index contributed by atoms with van der Waals surface area (Å²) in [5.41, 5.74) is -0.495. The van der Waals surface area contributed by atoms with Crippen LogP contribution in [0.25, 0.3) is 0 Å². The van der Waals surface area contributed by atoms with E-state index in [4.69, 9.17) is 4.74 Å². The summed E-state index contributed by atoms with van der Waals surface area (Å²) in [5.74, 6) is 0.713. The zero-order chi connectivity index (χ0) is 17.1. The van der Waals surface area contributed by atoms with Gasteiger partial charge in [0.15, 0.2) is 0 Å². The van der Waals surface area contributed by atoms with Crippen LogP contribution in [0, 0.1) is 15.5 Å². The van der Waals surface area contributed by atoms with Gasteiger partial charge in [-0.2, -0.15) is 4.98 Å². The largest absolute Gasteiger partial charge is 0.476 e. The molecule has 0 saturated carbocycles. The minimum Gasteiger partial charge on any atom is -0.476 e. The van der Waals surface area contributed by atoms with Gasteiger partial charge in [0, 0.05) is 12.0 Å². The molecule has 124 valence electrons. The van der Waals surface area contributed by atoms with Gasteiger partial charge in [-0.25, -0.2) is 4.98 Å². The molecule has 1 heterocycles. The summed E-state index contributed by atoms with van der Waals surface area (Å²) in [6.45, 7) is 12.3. The van der Waals surface area contributed by atoms with Gasteiger partial charge in [0.05, 0.1) is 12.0 Å². The third kappa shape index (κ3) is 4.82. The van der Waals surface area contributed by atoms with Crippen molar-refractivity contribution in [2.24, 2.45) is 5.41 Å². The smallest absolute Gasteiger partial charge is 0.372 e. The fourth-order valence-corrected chi connectivity index (χ4v) is 2.72. The number of aromatic nitrogens is 2. The van der Waals surface area contributed by atoms with E-state index in [1.807, 2.05) is 20.8 Å². The average molecular weight is 310 g/mol. The predicted molar refractivity (Wildman–Crippen MR) is 86.4 cm³/mol. The van der Waals surface area contributed by atoms with Crippen LogP contribution in [-0.4, -0.2) is 27.5 Å². The lowest BCUT2D eigenvalue weighted by Crippen LogP contribution is -2.36. The number of nitrogens with zero attached hydrogens (tertiary/aromatic N) is 3. The van der Waals surface area contributed by atoms with Gasteiger partial charge in [0.2, 0.25) is 5.82 Å². The molecule has 1 N–H and O–H groups in total. The Bertz CT molecular complexity index is 550. The minimum absolute atomic E-state index is 0.00842. The van der Waals surface area contributed by atoms with Crippen LogP contribution in [0.1, 0.15) is 53.8 Å². The molecule has 1 aromatic heterocycles. The molecule has 1 aromatic rings. The Morgan fingerprint density at radius 1 is 1.23 bits per heavy atom. The topological polar surface area (TPSA) is 90.2 Å². The Labute approximate surface area is 131 Å². The molecule has 0 aliphatic carbocycles. The van der Waals surface area contributed by atoms with Crippen LogP contribution in [0.4, 0.5) is 11.5 Å². The van der Waals surface area contributed by atoms with Crippen LogP contribution < -0.4 is 10.1 Å². The molecule has 0 unspecified atom stereocenters. The second-order valence-electron chi connectivity index (χ2n) is 7.20. The maximum Gasteiger partial charge on any atom is 0.372 e. The van der Waals surface area contributed by atoms with Crippen LogP contribution >= 0.6 is 0 Å². The molecule has 0 aliphatic heterocycles. The summed E-state index contributed by atoms with van der Waals surface area (Å²) in [7, 11) is 1.37. The molecule has 0 bridgehead atoms. The first-order chi connectivity index (χ1) is 9.99. The van der Waals surface area contributed by atoms with Gasteiger partial charge in [-0.05, 0) is 25.7 Å². The van der Waals surface area contributed by atoms with E-state index in [0.29, 0.717) is 12.2 Å². The van der Waals surface area contributed by atoms with Crippen molar-refractivity contribution in [2.75, 3.05) is 12.4 Å². The number of methoxy groups -OCH3 is 1. The quantitative estimate of drug-likeness (QED) is 0.638. The third-order valence-electron chi connectivity index (χ3n) is 3.02. The van der Waals surface area contributed by atoms with Gasteiger partial charge in [-0.1, -0.05) is 27.7 Å². The van der Waals surface area contributed by atoms with Crippen molar-refractivity contribution in [3.05, 3.63) is 15.9 Å². The van der Waals surface area contributed by atoms with E-state index >= 15 is 0 Å². The molecule has 7 nitrogen and oxygen atoms in total. The lowest BCUT2D eigenvalue weighted by atomic mass is 9.82.